The summed E-state index contributed by atoms with van der Waals surface area (Å²) in [6.07, 6.45) is 4.14. The van der Waals surface area contributed by atoms with E-state index in [1.165, 1.54) is 0 Å². The molecule has 0 rings (SSSR count). The Labute approximate surface area is 120 Å². The van der Waals surface area contributed by atoms with Crippen LogP contribution in [0.4, 0.5) is 0 Å². The minimum absolute atomic E-state index is 0.368. The molecule has 0 aliphatic heterocycles. The molecule has 2 atom stereocenters. The first-order valence-electron chi connectivity index (χ1n) is 6.71. The van der Waals surface area contributed by atoms with Crippen molar-refractivity contribution in [3.05, 3.63) is 0 Å². The maximum Gasteiger partial charge on any atom is 0.294 e. The minimum atomic E-state index is -0.455. The van der Waals surface area contributed by atoms with Crippen LogP contribution in [0.5, 0.6) is 0 Å². The lowest BCUT2D eigenvalue weighted by Gasteiger charge is -2.07. The van der Waals surface area contributed by atoms with Crippen LogP contribution < -0.4 is 22.9 Å². The van der Waals surface area contributed by atoms with Gasteiger partial charge >= 0.3 is 0 Å². The zero-order valence-electron chi connectivity index (χ0n) is 11.9. The molecule has 8 nitrogen and oxygen atoms in total. The molecular formula is C12H28N4O4. The van der Waals surface area contributed by atoms with Crippen LogP contribution in [0.2, 0.25) is 0 Å². The fraction of sp³-hybridized carbons (Fsp3) is 0.833. The summed E-state index contributed by atoms with van der Waals surface area (Å²) in [4.78, 5) is 19.4. The number of carbonyl (C=O) groups is 2. The van der Waals surface area contributed by atoms with E-state index in [1.807, 2.05) is 0 Å². The molecule has 0 spiro atoms. The third-order valence-electron chi connectivity index (χ3n) is 2.35. The minimum Gasteiger partial charge on any atom is -0.449 e. The van der Waals surface area contributed by atoms with Gasteiger partial charge in [0.25, 0.3) is 12.9 Å². The molecule has 0 bridgehead atoms. The van der Waals surface area contributed by atoms with Gasteiger partial charge in [-0.25, -0.2) is 0 Å². The molecule has 0 amide bonds. The quantitative estimate of drug-likeness (QED) is 0.206. The first-order chi connectivity index (χ1) is 9.62. The molecule has 0 fully saturated rings. The van der Waals surface area contributed by atoms with Crippen LogP contribution in [-0.4, -0.2) is 38.5 Å². The number of hydrogen-bond donors (Lipinski definition) is 4. The normalized spacial score (nSPS) is 12.6. The third-order valence-corrected chi connectivity index (χ3v) is 2.35. The highest BCUT2D eigenvalue weighted by Gasteiger charge is 1.99. The van der Waals surface area contributed by atoms with Crippen molar-refractivity contribution in [1.82, 2.24) is 0 Å². The van der Waals surface area contributed by atoms with Crippen LogP contribution in [-0.2, 0) is 19.1 Å². The predicted molar refractivity (Wildman–Crippen MR) is 76.1 cm³/mol. The average molecular weight is 292 g/mol. The third kappa shape index (κ3) is 19.1. The maximum atomic E-state index is 9.72. The summed E-state index contributed by atoms with van der Waals surface area (Å²) >= 11 is 0. The lowest BCUT2D eigenvalue weighted by atomic mass is 10.2. The molecule has 0 aliphatic rings. The van der Waals surface area contributed by atoms with Crippen molar-refractivity contribution < 1.29 is 19.1 Å². The van der Waals surface area contributed by atoms with Gasteiger partial charge in [-0.15, -0.1) is 0 Å². The average Bonchev–Trinajstić information content (AvgIpc) is 2.41. The Bertz CT molecular complexity index is 198. The van der Waals surface area contributed by atoms with Crippen LogP contribution in [0.15, 0.2) is 0 Å². The second kappa shape index (κ2) is 17.8. The molecular weight excluding hydrogens is 264 g/mol. The maximum absolute atomic E-state index is 9.72. The van der Waals surface area contributed by atoms with Crippen LogP contribution in [0, 0.1) is 0 Å². The molecule has 0 aromatic rings. The molecule has 0 saturated heterocycles. The fourth-order valence-corrected chi connectivity index (χ4v) is 1.26. The van der Waals surface area contributed by atoms with Crippen molar-refractivity contribution in [3.8, 4) is 0 Å². The summed E-state index contributed by atoms with van der Waals surface area (Å²) in [5, 5.41) is 0. The highest BCUT2D eigenvalue weighted by atomic mass is 16.5. The predicted octanol–water partition coefficient (Wildman–Crippen LogP) is -0.854. The van der Waals surface area contributed by atoms with E-state index in [-0.39, 0.29) is 0 Å². The van der Waals surface area contributed by atoms with E-state index in [0.29, 0.717) is 38.9 Å². The summed E-state index contributed by atoms with van der Waals surface area (Å²) < 4.78 is 8.89. The Morgan fingerprint density at radius 3 is 1.35 bits per heavy atom. The van der Waals surface area contributed by atoms with Crippen molar-refractivity contribution in [2.45, 2.75) is 51.0 Å². The molecule has 20 heavy (non-hydrogen) atoms. The van der Waals surface area contributed by atoms with Crippen molar-refractivity contribution in [2.75, 3.05) is 13.1 Å². The van der Waals surface area contributed by atoms with Crippen molar-refractivity contribution in [2.24, 2.45) is 22.9 Å². The zero-order valence-corrected chi connectivity index (χ0v) is 11.9. The summed E-state index contributed by atoms with van der Waals surface area (Å²) in [6, 6.07) is 0. The topological polar surface area (TPSA) is 157 Å². The van der Waals surface area contributed by atoms with Gasteiger partial charge in [0.1, 0.15) is 0 Å². The second-order valence-corrected chi connectivity index (χ2v) is 4.11. The van der Waals surface area contributed by atoms with E-state index in [1.54, 1.807) is 0 Å². The number of nitrogens with two attached hydrogens (primary N) is 4. The van der Waals surface area contributed by atoms with E-state index in [9.17, 15) is 9.59 Å². The van der Waals surface area contributed by atoms with E-state index in [2.05, 4.69) is 9.47 Å². The molecule has 8 N–H and O–H groups in total. The van der Waals surface area contributed by atoms with Gasteiger partial charge < -0.3 is 20.9 Å². The van der Waals surface area contributed by atoms with Crippen LogP contribution >= 0.6 is 0 Å². The first-order valence-corrected chi connectivity index (χ1v) is 6.71. The zero-order chi connectivity index (χ0) is 15.6. The number of hydrogen-bond acceptors (Lipinski definition) is 8. The summed E-state index contributed by atoms with van der Waals surface area (Å²) in [5.74, 6) is 0. The van der Waals surface area contributed by atoms with E-state index in [4.69, 9.17) is 22.9 Å². The number of rotatable bonds is 12. The van der Waals surface area contributed by atoms with Crippen molar-refractivity contribution in [3.63, 3.8) is 0 Å². The van der Waals surface area contributed by atoms with E-state index >= 15 is 0 Å². The highest BCUT2D eigenvalue weighted by Crippen LogP contribution is 1.97. The first kappa shape index (κ1) is 21.1. The lowest BCUT2D eigenvalue weighted by molar-refractivity contribution is -0.134. The van der Waals surface area contributed by atoms with Gasteiger partial charge in [-0.05, 0) is 51.6 Å². The Kier molecular flexibility index (Phi) is 18.7. The summed E-state index contributed by atoms with van der Waals surface area (Å²) in [7, 11) is 0. The lowest BCUT2D eigenvalue weighted by Crippen LogP contribution is -2.23. The molecule has 0 aliphatic carbocycles. The van der Waals surface area contributed by atoms with Gasteiger partial charge in [-0.2, -0.15) is 0 Å². The van der Waals surface area contributed by atoms with E-state index < -0.39 is 12.5 Å². The van der Waals surface area contributed by atoms with Gasteiger partial charge in [-0.3, -0.25) is 21.1 Å². The van der Waals surface area contributed by atoms with Gasteiger partial charge in [-0.1, -0.05) is 0 Å². The highest BCUT2D eigenvalue weighted by molar-refractivity contribution is 5.37. The van der Waals surface area contributed by atoms with Crippen molar-refractivity contribution in [1.29, 1.82) is 0 Å². The molecule has 120 valence electrons. The molecule has 8 heteroatoms. The molecule has 0 radical (unpaired) electrons. The Morgan fingerprint density at radius 1 is 0.750 bits per heavy atom. The largest absolute Gasteiger partial charge is 0.449 e. The van der Waals surface area contributed by atoms with E-state index in [0.717, 1.165) is 25.7 Å². The summed E-state index contributed by atoms with van der Waals surface area (Å²) in [6.45, 7) is 2.06. The molecule has 0 aromatic heterocycles. The van der Waals surface area contributed by atoms with Crippen LogP contribution in [0.3, 0.4) is 0 Å². The smallest absolute Gasteiger partial charge is 0.294 e. The Balaban J connectivity index is 0. The monoisotopic (exact) mass is 292 g/mol. The SMILES string of the molecule is NCCCC[C@@H](N)OC=O.NCCCC[C@H](N)OC=O. The number of ether oxygens (including phenoxy) is 2. The van der Waals surface area contributed by atoms with Gasteiger partial charge in [0.15, 0.2) is 12.5 Å². The number of carbonyl (C=O) groups excluding carboxylic acids is 2. The molecule has 0 saturated carbocycles. The van der Waals surface area contributed by atoms with Gasteiger partial charge in [0.05, 0.1) is 0 Å². The van der Waals surface area contributed by atoms with Crippen LogP contribution in [0.25, 0.3) is 0 Å². The fourth-order valence-electron chi connectivity index (χ4n) is 1.26. The van der Waals surface area contributed by atoms with Crippen molar-refractivity contribution >= 4 is 12.9 Å². The number of unbranched alkanes of at least 4 members (excludes halogenated alkanes) is 2. The Morgan fingerprint density at radius 2 is 1.10 bits per heavy atom. The standard InChI is InChI=1S/2C6H14N2O2/c2*7-4-2-1-3-6(8)10-5-9/h2*5-6H,1-4,7-8H2/t2*6-/m10/s1. The second-order valence-electron chi connectivity index (χ2n) is 4.11. The Hall–Kier alpha value is -1.22. The molecule has 0 aromatic carbocycles. The molecule has 0 unspecified atom stereocenters. The summed E-state index contributed by atoms with van der Waals surface area (Å²) in [5.41, 5.74) is 21.1. The molecule has 0 heterocycles. The van der Waals surface area contributed by atoms with Gasteiger partial charge in [0.2, 0.25) is 0 Å². The van der Waals surface area contributed by atoms with Gasteiger partial charge in [0, 0.05) is 0 Å². The van der Waals surface area contributed by atoms with Crippen LogP contribution in [0.1, 0.15) is 38.5 Å².